The van der Waals surface area contributed by atoms with Gasteiger partial charge in [0.1, 0.15) is 5.69 Å². The van der Waals surface area contributed by atoms with Crippen molar-refractivity contribution in [1.29, 1.82) is 0 Å². The molecule has 0 aliphatic rings. The first-order chi connectivity index (χ1) is 14.5. The number of aromatic nitrogens is 4. The van der Waals surface area contributed by atoms with E-state index in [9.17, 15) is 14.4 Å². The van der Waals surface area contributed by atoms with Gasteiger partial charge in [0.05, 0.1) is 11.2 Å². The molecule has 3 heterocycles. The number of carbonyl (C=O) groups is 3. The molecule has 10 nitrogen and oxygen atoms in total. The predicted molar refractivity (Wildman–Crippen MR) is 112 cm³/mol. The van der Waals surface area contributed by atoms with Gasteiger partial charge >= 0.3 is 0 Å². The number of anilines is 1. The summed E-state index contributed by atoms with van der Waals surface area (Å²) in [7, 11) is 0. The first kappa shape index (κ1) is 19.3. The molecule has 0 fully saturated rings. The molecule has 0 atom stereocenters. The van der Waals surface area contributed by atoms with Crippen molar-refractivity contribution in [2.24, 2.45) is 5.73 Å². The third kappa shape index (κ3) is 4.05. The lowest BCUT2D eigenvalue weighted by atomic mass is 10.2. The smallest absolute Gasteiger partial charge is 0.272 e. The van der Waals surface area contributed by atoms with E-state index in [2.05, 4.69) is 30.8 Å². The van der Waals surface area contributed by atoms with Gasteiger partial charge in [-0.2, -0.15) is 5.10 Å². The molecule has 0 spiro atoms. The fourth-order valence-electron chi connectivity index (χ4n) is 2.84. The van der Waals surface area contributed by atoms with Gasteiger partial charge in [-0.25, -0.2) is 4.98 Å². The van der Waals surface area contributed by atoms with Crippen LogP contribution < -0.4 is 16.4 Å². The number of thiazole rings is 1. The summed E-state index contributed by atoms with van der Waals surface area (Å²) in [5.41, 5.74) is 7.86. The van der Waals surface area contributed by atoms with Crippen LogP contribution >= 0.6 is 11.3 Å². The summed E-state index contributed by atoms with van der Waals surface area (Å²) in [5, 5.41) is 15.1. The van der Waals surface area contributed by atoms with Crippen molar-refractivity contribution < 1.29 is 14.4 Å². The average molecular weight is 423 g/mol. The minimum atomic E-state index is -0.560. The molecule has 3 aromatic heterocycles. The number of amides is 3. The van der Waals surface area contributed by atoms with Gasteiger partial charge in [0.2, 0.25) is 5.91 Å². The van der Waals surface area contributed by atoms with Crippen molar-refractivity contribution >= 4 is 45.1 Å². The molecule has 4 rings (SSSR count). The van der Waals surface area contributed by atoms with Gasteiger partial charge in [-0.15, -0.1) is 11.3 Å². The molecule has 0 saturated carbocycles. The predicted octanol–water partition coefficient (Wildman–Crippen LogP) is 1.87. The SMILES string of the molecule is NC(=O)c1cc(-c2csc(NC(=O)CCNC(=O)c3n[nH]c4ccccc34)n2)c[nH]1. The maximum absolute atomic E-state index is 12.3. The molecular weight excluding hydrogens is 406 g/mol. The highest BCUT2D eigenvalue weighted by molar-refractivity contribution is 7.14. The molecule has 0 unspecified atom stereocenters. The Kier molecular flexibility index (Phi) is 5.26. The third-order valence-corrected chi connectivity index (χ3v) is 5.08. The van der Waals surface area contributed by atoms with Gasteiger partial charge in [-0.05, 0) is 12.1 Å². The zero-order valence-electron chi connectivity index (χ0n) is 15.6. The molecule has 3 amide bonds. The molecule has 152 valence electrons. The van der Waals surface area contributed by atoms with E-state index in [1.807, 2.05) is 18.2 Å². The molecule has 11 heteroatoms. The number of nitrogens with two attached hydrogens (primary N) is 1. The minimum Gasteiger partial charge on any atom is -0.364 e. The fourth-order valence-corrected chi connectivity index (χ4v) is 3.58. The normalized spacial score (nSPS) is 10.8. The largest absolute Gasteiger partial charge is 0.364 e. The molecule has 0 bridgehead atoms. The summed E-state index contributed by atoms with van der Waals surface area (Å²) < 4.78 is 0. The summed E-state index contributed by atoms with van der Waals surface area (Å²) in [4.78, 5) is 42.7. The Morgan fingerprint density at radius 1 is 1.20 bits per heavy atom. The Balaban J connectivity index is 1.29. The quantitative estimate of drug-likeness (QED) is 0.306. The highest BCUT2D eigenvalue weighted by Gasteiger charge is 2.15. The zero-order valence-corrected chi connectivity index (χ0v) is 16.4. The number of aromatic amines is 2. The van der Waals surface area contributed by atoms with E-state index in [4.69, 9.17) is 5.73 Å². The second-order valence-corrected chi connectivity index (χ2v) is 7.23. The van der Waals surface area contributed by atoms with Crippen molar-refractivity contribution in [3.8, 4) is 11.3 Å². The monoisotopic (exact) mass is 423 g/mol. The van der Waals surface area contributed by atoms with Crippen LogP contribution in [0.25, 0.3) is 22.2 Å². The summed E-state index contributed by atoms with van der Waals surface area (Å²) in [6.45, 7) is 0.157. The highest BCUT2D eigenvalue weighted by atomic mass is 32.1. The van der Waals surface area contributed by atoms with E-state index in [-0.39, 0.29) is 36.2 Å². The van der Waals surface area contributed by atoms with Crippen LogP contribution in [0.1, 0.15) is 27.4 Å². The van der Waals surface area contributed by atoms with Gasteiger partial charge in [0.25, 0.3) is 11.8 Å². The van der Waals surface area contributed by atoms with Crippen LogP contribution in [0.15, 0.2) is 41.9 Å². The van der Waals surface area contributed by atoms with Crippen molar-refractivity contribution in [3.05, 3.63) is 53.3 Å². The van der Waals surface area contributed by atoms with Crippen LogP contribution in [0.2, 0.25) is 0 Å². The van der Waals surface area contributed by atoms with Crippen LogP contribution in [-0.2, 0) is 4.79 Å². The Bertz CT molecular complexity index is 1240. The number of rotatable bonds is 7. The lowest BCUT2D eigenvalue weighted by Crippen LogP contribution is -2.28. The van der Waals surface area contributed by atoms with Gasteiger partial charge < -0.3 is 21.4 Å². The number of H-pyrrole nitrogens is 2. The van der Waals surface area contributed by atoms with Crippen molar-refractivity contribution in [2.45, 2.75) is 6.42 Å². The molecule has 0 saturated heterocycles. The summed E-state index contributed by atoms with van der Waals surface area (Å²) >= 11 is 1.25. The second-order valence-electron chi connectivity index (χ2n) is 6.38. The fraction of sp³-hybridized carbons (Fsp3) is 0.105. The van der Waals surface area contributed by atoms with E-state index in [1.165, 1.54) is 11.3 Å². The van der Waals surface area contributed by atoms with E-state index < -0.39 is 5.91 Å². The first-order valence-corrected chi connectivity index (χ1v) is 9.84. The number of fused-ring (bicyclic) bond motifs is 1. The standard InChI is InChI=1S/C19H17N7O3S/c20-17(28)13-7-10(8-22-13)14-9-30-19(23-14)24-15(27)5-6-21-18(29)16-11-3-1-2-4-12(11)25-26-16/h1-4,7-9,22H,5-6H2,(H2,20,28)(H,21,29)(H,25,26)(H,23,24,27). The van der Waals surface area contributed by atoms with Crippen LogP contribution in [0.4, 0.5) is 5.13 Å². The Labute approximate surface area is 173 Å². The molecular formula is C19H17N7O3S. The van der Waals surface area contributed by atoms with Crippen molar-refractivity contribution in [3.63, 3.8) is 0 Å². The highest BCUT2D eigenvalue weighted by Crippen LogP contribution is 2.25. The number of hydrogen-bond acceptors (Lipinski definition) is 6. The maximum atomic E-state index is 12.3. The molecule has 30 heavy (non-hydrogen) atoms. The molecule has 6 N–H and O–H groups in total. The van der Waals surface area contributed by atoms with Crippen molar-refractivity contribution in [1.82, 2.24) is 25.5 Å². The van der Waals surface area contributed by atoms with Crippen LogP contribution in [0, 0.1) is 0 Å². The molecule has 0 radical (unpaired) electrons. The van der Waals surface area contributed by atoms with Crippen LogP contribution in [0.3, 0.4) is 0 Å². The number of nitrogens with one attached hydrogen (secondary N) is 4. The zero-order chi connectivity index (χ0) is 21.1. The van der Waals surface area contributed by atoms with Crippen LogP contribution in [0.5, 0.6) is 0 Å². The van der Waals surface area contributed by atoms with E-state index in [0.717, 1.165) is 10.9 Å². The first-order valence-electron chi connectivity index (χ1n) is 8.96. The number of benzene rings is 1. The molecule has 0 aliphatic carbocycles. The van der Waals surface area contributed by atoms with Crippen LogP contribution in [-0.4, -0.2) is 44.4 Å². The summed E-state index contributed by atoms with van der Waals surface area (Å²) in [5.74, 6) is -1.20. The van der Waals surface area contributed by atoms with Gasteiger partial charge in [-0.1, -0.05) is 18.2 Å². The minimum absolute atomic E-state index is 0.0823. The van der Waals surface area contributed by atoms with Gasteiger partial charge in [0, 0.05) is 35.5 Å². The number of nitrogens with zero attached hydrogens (tertiary/aromatic N) is 2. The summed E-state index contributed by atoms with van der Waals surface area (Å²) in [6, 6.07) is 8.90. The topological polar surface area (TPSA) is 159 Å². The number of para-hydroxylation sites is 1. The molecule has 0 aliphatic heterocycles. The second kappa shape index (κ2) is 8.17. The molecule has 1 aromatic carbocycles. The Morgan fingerprint density at radius 2 is 2.03 bits per heavy atom. The Morgan fingerprint density at radius 3 is 2.83 bits per heavy atom. The van der Waals surface area contributed by atoms with E-state index in [0.29, 0.717) is 16.4 Å². The number of carbonyl (C=O) groups excluding carboxylic acids is 3. The van der Waals surface area contributed by atoms with Gasteiger partial charge in [-0.3, -0.25) is 19.5 Å². The lowest BCUT2D eigenvalue weighted by Gasteiger charge is -2.04. The van der Waals surface area contributed by atoms with E-state index in [1.54, 1.807) is 23.7 Å². The van der Waals surface area contributed by atoms with Crippen molar-refractivity contribution in [2.75, 3.05) is 11.9 Å². The third-order valence-electron chi connectivity index (χ3n) is 4.32. The number of primary amides is 1. The van der Waals surface area contributed by atoms with Gasteiger partial charge in [0.15, 0.2) is 10.8 Å². The maximum Gasteiger partial charge on any atom is 0.272 e. The Hall–Kier alpha value is -3.99. The van der Waals surface area contributed by atoms with E-state index >= 15 is 0 Å². The number of hydrogen-bond donors (Lipinski definition) is 5. The summed E-state index contributed by atoms with van der Waals surface area (Å²) in [6.07, 6.45) is 1.70. The average Bonchev–Trinajstić information content (AvgIpc) is 3.46. The lowest BCUT2D eigenvalue weighted by molar-refractivity contribution is -0.116. The molecule has 4 aromatic rings.